The molecule has 1 saturated carbocycles. The zero-order valence-electron chi connectivity index (χ0n) is 10.6. The van der Waals surface area contributed by atoms with Crippen LogP contribution in [0.1, 0.15) is 48.4 Å². The van der Waals surface area contributed by atoms with E-state index < -0.39 is 0 Å². The van der Waals surface area contributed by atoms with Crippen molar-refractivity contribution < 1.29 is 1.43 Å². The fraction of sp³-hybridized carbons (Fsp3) is 0.714. The second-order valence-corrected chi connectivity index (χ2v) is 3.87. The second-order valence-electron chi connectivity index (χ2n) is 3.87. The Hall–Kier alpha value is -0.720. The third kappa shape index (κ3) is 2.87. The molecule has 0 aromatic heterocycles. The van der Waals surface area contributed by atoms with Crippen LogP contribution in [0.15, 0.2) is 23.4 Å². The highest BCUT2D eigenvalue weighted by molar-refractivity contribution is 5.39. The molecule has 0 aromatic carbocycles. The molecule has 1 heterocycles. The number of hydrogen-bond donors (Lipinski definition) is 1. The molecule has 0 aromatic rings. The standard InChI is InChI=1S/C10H13N.2C2H6.H2/c1-2-7-4-8-5-9(8)6-10(7)11-3-1;2*1-2;/h4,6,8-9,11H,1-3,5H2;2*1-2H3;1H. The SMILES string of the molecule is C1=C2CCCNC2=CC2CC12.CC.CC.[HH]. The molecule has 15 heavy (non-hydrogen) atoms. The first-order valence-electron chi connectivity index (χ1n) is 6.60. The Bertz CT molecular complexity index is 229. The molecule has 0 bridgehead atoms. The lowest BCUT2D eigenvalue weighted by molar-refractivity contribution is 0.651. The van der Waals surface area contributed by atoms with Crippen molar-refractivity contribution in [3.8, 4) is 0 Å². The molecule has 2 unspecified atom stereocenters. The van der Waals surface area contributed by atoms with Crippen LogP contribution in [-0.2, 0) is 0 Å². The average molecular weight is 209 g/mol. The van der Waals surface area contributed by atoms with Gasteiger partial charge in [0.25, 0.3) is 0 Å². The number of fused-ring (bicyclic) bond motifs is 2. The third-order valence-corrected chi connectivity index (χ3v) is 2.97. The first-order valence-corrected chi connectivity index (χ1v) is 6.60. The molecule has 1 N–H and O–H groups in total. The van der Waals surface area contributed by atoms with Crippen molar-refractivity contribution in [2.45, 2.75) is 47.0 Å². The molecular weight excluding hydrogens is 182 g/mol. The molecule has 1 saturated heterocycles. The van der Waals surface area contributed by atoms with Crippen molar-refractivity contribution in [2.24, 2.45) is 11.8 Å². The minimum atomic E-state index is 0. The highest BCUT2D eigenvalue weighted by atomic mass is 14.9. The van der Waals surface area contributed by atoms with Gasteiger partial charge in [0.1, 0.15) is 0 Å². The maximum atomic E-state index is 3.47. The van der Waals surface area contributed by atoms with Crippen LogP contribution >= 0.6 is 0 Å². The molecule has 3 rings (SSSR count). The molecule has 2 atom stereocenters. The van der Waals surface area contributed by atoms with E-state index in [2.05, 4.69) is 17.5 Å². The van der Waals surface area contributed by atoms with Crippen LogP contribution in [0.25, 0.3) is 0 Å². The van der Waals surface area contributed by atoms with Gasteiger partial charge in [0.05, 0.1) is 0 Å². The zero-order valence-corrected chi connectivity index (χ0v) is 10.6. The minimum Gasteiger partial charge on any atom is -0.385 e. The van der Waals surface area contributed by atoms with Crippen LogP contribution in [0.2, 0.25) is 0 Å². The predicted molar refractivity (Wildman–Crippen MR) is 69.8 cm³/mol. The zero-order chi connectivity index (χ0) is 11.3. The van der Waals surface area contributed by atoms with Gasteiger partial charge in [-0.3, -0.25) is 0 Å². The van der Waals surface area contributed by atoms with Crippen molar-refractivity contribution in [3.05, 3.63) is 23.4 Å². The van der Waals surface area contributed by atoms with Gasteiger partial charge in [-0.25, -0.2) is 0 Å². The van der Waals surface area contributed by atoms with Gasteiger partial charge in [-0.1, -0.05) is 39.8 Å². The van der Waals surface area contributed by atoms with Gasteiger partial charge in [0.2, 0.25) is 0 Å². The molecule has 1 heteroatoms. The van der Waals surface area contributed by atoms with Crippen LogP contribution < -0.4 is 5.32 Å². The van der Waals surface area contributed by atoms with E-state index in [1.807, 2.05) is 27.7 Å². The number of piperidine rings is 1. The van der Waals surface area contributed by atoms with Crippen molar-refractivity contribution in [1.29, 1.82) is 0 Å². The van der Waals surface area contributed by atoms with Crippen LogP contribution in [0, 0.1) is 11.8 Å². The molecular formula is C14H27N. The van der Waals surface area contributed by atoms with Crippen molar-refractivity contribution >= 4 is 0 Å². The summed E-state index contributed by atoms with van der Waals surface area (Å²) in [5, 5.41) is 3.47. The lowest BCUT2D eigenvalue weighted by atomic mass is 9.96. The Balaban J connectivity index is 0.000000411. The first kappa shape index (κ1) is 12.4. The Kier molecular flexibility index (Phi) is 4.93. The predicted octanol–water partition coefficient (Wildman–Crippen LogP) is 4.13. The Morgan fingerprint density at radius 3 is 2.53 bits per heavy atom. The van der Waals surface area contributed by atoms with Gasteiger partial charge >= 0.3 is 0 Å². The largest absolute Gasteiger partial charge is 0.385 e. The normalized spacial score (nSPS) is 29.6. The smallest absolute Gasteiger partial charge is 0.0332 e. The number of allylic oxidation sites excluding steroid dienone is 3. The van der Waals surface area contributed by atoms with E-state index in [0.717, 1.165) is 11.8 Å². The van der Waals surface area contributed by atoms with Crippen LogP contribution in [0.4, 0.5) is 0 Å². The van der Waals surface area contributed by atoms with Crippen molar-refractivity contribution in [2.75, 3.05) is 6.54 Å². The summed E-state index contributed by atoms with van der Waals surface area (Å²) >= 11 is 0. The summed E-state index contributed by atoms with van der Waals surface area (Å²) in [6.07, 6.45) is 8.97. The maximum absolute atomic E-state index is 3.47. The van der Waals surface area contributed by atoms with Gasteiger partial charge in [0.15, 0.2) is 0 Å². The van der Waals surface area contributed by atoms with Gasteiger partial charge in [0, 0.05) is 13.7 Å². The second kappa shape index (κ2) is 5.99. The summed E-state index contributed by atoms with van der Waals surface area (Å²) < 4.78 is 0. The average Bonchev–Trinajstić information content (AvgIpc) is 3.09. The summed E-state index contributed by atoms with van der Waals surface area (Å²) in [7, 11) is 0. The minimum absolute atomic E-state index is 0. The Morgan fingerprint density at radius 2 is 1.80 bits per heavy atom. The van der Waals surface area contributed by atoms with Gasteiger partial charge in [-0.15, -0.1) is 0 Å². The van der Waals surface area contributed by atoms with Crippen molar-refractivity contribution in [1.82, 2.24) is 5.32 Å². The number of hydrogen-bond acceptors (Lipinski definition) is 1. The monoisotopic (exact) mass is 209 g/mol. The fourth-order valence-corrected chi connectivity index (χ4v) is 2.18. The lowest BCUT2D eigenvalue weighted by Gasteiger charge is -2.22. The maximum Gasteiger partial charge on any atom is 0.0332 e. The summed E-state index contributed by atoms with van der Waals surface area (Å²) in [5.74, 6) is 1.83. The van der Waals surface area contributed by atoms with E-state index >= 15 is 0 Å². The first-order chi connectivity index (χ1) is 7.43. The molecule has 88 valence electrons. The highest BCUT2D eigenvalue weighted by Crippen LogP contribution is 2.47. The number of nitrogens with one attached hydrogen (secondary N) is 1. The summed E-state index contributed by atoms with van der Waals surface area (Å²) in [4.78, 5) is 0. The topological polar surface area (TPSA) is 12.0 Å². The number of rotatable bonds is 0. The van der Waals surface area contributed by atoms with Crippen molar-refractivity contribution in [3.63, 3.8) is 0 Å². The third-order valence-electron chi connectivity index (χ3n) is 2.97. The Labute approximate surface area is 96.1 Å². The van der Waals surface area contributed by atoms with Gasteiger partial charge in [-0.2, -0.15) is 0 Å². The summed E-state index contributed by atoms with van der Waals surface area (Å²) in [6, 6.07) is 0. The van der Waals surface area contributed by atoms with E-state index in [9.17, 15) is 0 Å². The molecule has 2 fully saturated rings. The van der Waals surface area contributed by atoms with Crippen LogP contribution in [0.5, 0.6) is 0 Å². The van der Waals surface area contributed by atoms with E-state index in [1.54, 1.807) is 5.57 Å². The van der Waals surface area contributed by atoms with E-state index in [-0.39, 0.29) is 1.43 Å². The van der Waals surface area contributed by atoms with E-state index in [4.69, 9.17) is 0 Å². The Morgan fingerprint density at radius 1 is 1.13 bits per heavy atom. The fourth-order valence-electron chi connectivity index (χ4n) is 2.18. The van der Waals surface area contributed by atoms with Crippen LogP contribution in [0.3, 0.4) is 0 Å². The molecule has 3 aliphatic rings. The van der Waals surface area contributed by atoms with Crippen LogP contribution in [-0.4, -0.2) is 6.54 Å². The van der Waals surface area contributed by atoms with E-state index in [1.165, 1.54) is 31.5 Å². The van der Waals surface area contributed by atoms with Gasteiger partial charge < -0.3 is 5.32 Å². The summed E-state index contributed by atoms with van der Waals surface area (Å²) in [5.41, 5.74) is 3.05. The molecule has 1 aliphatic heterocycles. The molecule has 0 amide bonds. The quantitative estimate of drug-likeness (QED) is 0.632. The molecule has 0 radical (unpaired) electrons. The lowest BCUT2D eigenvalue weighted by Crippen LogP contribution is -2.23. The molecule has 0 spiro atoms. The van der Waals surface area contributed by atoms with Gasteiger partial charge in [-0.05, 0) is 36.7 Å². The highest BCUT2D eigenvalue weighted by Gasteiger charge is 2.37. The summed E-state index contributed by atoms with van der Waals surface area (Å²) in [6.45, 7) is 9.18. The molecule has 2 aliphatic carbocycles. The molecule has 1 nitrogen and oxygen atoms in total. The van der Waals surface area contributed by atoms with E-state index in [0.29, 0.717) is 0 Å².